The molecule has 24 heavy (non-hydrogen) atoms. The molecule has 0 spiro atoms. The van der Waals surface area contributed by atoms with E-state index in [1.165, 1.54) is 0 Å². The Morgan fingerprint density at radius 3 is 2.25 bits per heavy atom. The first kappa shape index (κ1) is 15.9. The molecule has 3 aromatic rings. The van der Waals surface area contributed by atoms with Crippen LogP contribution in [0.4, 0.5) is 0 Å². The largest absolute Gasteiger partial charge is 0.338 e. The minimum Gasteiger partial charge on any atom is -0.338 e. The fraction of sp³-hybridized carbons (Fsp3) is 0.211. The second-order valence-corrected chi connectivity index (χ2v) is 5.56. The van der Waals surface area contributed by atoms with Crippen LogP contribution in [0.1, 0.15) is 22.8 Å². The van der Waals surface area contributed by atoms with E-state index in [0.29, 0.717) is 37.8 Å². The highest BCUT2D eigenvalue weighted by Gasteiger charge is 2.13. The van der Waals surface area contributed by atoms with Crippen molar-refractivity contribution in [1.82, 2.24) is 15.0 Å². The first-order valence-electron chi connectivity index (χ1n) is 7.82. The molecule has 0 aliphatic rings. The van der Waals surface area contributed by atoms with E-state index in [1.54, 1.807) is 0 Å². The van der Waals surface area contributed by atoms with Gasteiger partial charge in [0.15, 0.2) is 5.82 Å². The zero-order chi connectivity index (χ0) is 16.6. The van der Waals surface area contributed by atoms with Gasteiger partial charge in [-0.3, -0.25) is 4.90 Å². The third-order valence-corrected chi connectivity index (χ3v) is 3.62. The van der Waals surface area contributed by atoms with E-state index in [4.69, 9.17) is 9.78 Å². The van der Waals surface area contributed by atoms with Crippen LogP contribution in [-0.2, 0) is 19.5 Å². The normalized spacial score (nSPS) is 10.7. The van der Waals surface area contributed by atoms with Gasteiger partial charge in [0.25, 0.3) is 0 Å². The molecule has 1 heterocycles. The molecule has 3 rings (SSSR count). The maximum Gasteiger partial charge on any atom is 0.240 e. The van der Waals surface area contributed by atoms with Crippen molar-refractivity contribution in [2.45, 2.75) is 19.5 Å². The Kier molecular flexibility index (Phi) is 5.33. The van der Waals surface area contributed by atoms with E-state index in [9.17, 15) is 0 Å². The van der Waals surface area contributed by atoms with Crippen LogP contribution in [0.15, 0.2) is 65.2 Å². The van der Waals surface area contributed by atoms with Crippen molar-refractivity contribution in [3.8, 4) is 6.07 Å². The lowest BCUT2D eigenvalue weighted by atomic mass is 10.1. The highest BCUT2D eigenvalue weighted by molar-refractivity contribution is 5.18. The van der Waals surface area contributed by atoms with Gasteiger partial charge in [-0.1, -0.05) is 65.8 Å². The molecule has 0 aliphatic carbocycles. The monoisotopic (exact) mass is 318 g/mol. The minimum absolute atomic E-state index is 0.311. The number of aromatic nitrogens is 2. The average Bonchev–Trinajstić information content (AvgIpc) is 3.04. The van der Waals surface area contributed by atoms with Gasteiger partial charge in [0.2, 0.25) is 5.89 Å². The van der Waals surface area contributed by atoms with Crippen LogP contribution in [0.2, 0.25) is 0 Å². The van der Waals surface area contributed by atoms with Crippen LogP contribution in [0.25, 0.3) is 0 Å². The highest BCUT2D eigenvalue weighted by Crippen LogP contribution is 2.10. The van der Waals surface area contributed by atoms with E-state index in [-0.39, 0.29) is 0 Å². The van der Waals surface area contributed by atoms with Crippen LogP contribution < -0.4 is 0 Å². The molecule has 0 bridgehead atoms. The quantitative estimate of drug-likeness (QED) is 0.626. The van der Waals surface area contributed by atoms with Crippen molar-refractivity contribution in [2.75, 3.05) is 6.54 Å². The van der Waals surface area contributed by atoms with Crippen LogP contribution >= 0.6 is 0 Å². The van der Waals surface area contributed by atoms with Crippen molar-refractivity contribution >= 4 is 0 Å². The summed E-state index contributed by atoms with van der Waals surface area (Å²) in [6.45, 7) is 1.44. The SMILES string of the molecule is N#CCN(Cc1ccccc1)Cc1nc(Cc2ccccc2)no1. The summed E-state index contributed by atoms with van der Waals surface area (Å²) in [6.07, 6.45) is 0.640. The first-order valence-corrected chi connectivity index (χ1v) is 7.82. The summed E-state index contributed by atoms with van der Waals surface area (Å²) in [5.74, 6) is 1.19. The van der Waals surface area contributed by atoms with Gasteiger partial charge in [0.1, 0.15) is 0 Å². The molecule has 0 saturated heterocycles. The Morgan fingerprint density at radius 2 is 1.58 bits per heavy atom. The maximum absolute atomic E-state index is 9.03. The molecule has 120 valence electrons. The molecule has 0 aliphatic heterocycles. The summed E-state index contributed by atoms with van der Waals surface area (Å²) in [6, 6.07) is 22.3. The van der Waals surface area contributed by atoms with Crippen molar-refractivity contribution in [3.05, 3.63) is 83.5 Å². The van der Waals surface area contributed by atoms with Crippen LogP contribution in [-0.4, -0.2) is 21.6 Å². The predicted molar refractivity (Wildman–Crippen MR) is 89.7 cm³/mol. The molecule has 0 fully saturated rings. The van der Waals surface area contributed by atoms with E-state index in [1.807, 2.05) is 65.6 Å². The molecule has 0 unspecified atom stereocenters. The number of hydrogen-bond acceptors (Lipinski definition) is 5. The molecule has 5 nitrogen and oxygen atoms in total. The highest BCUT2D eigenvalue weighted by atomic mass is 16.5. The Balaban J connectivity index is 1.64. The fourth-order valence-electron chi connectivity index (χ4n) is 2.51. The summed E-state index contributed by atoms with van der Waals surface area (Å²) in [4.78, 5) is 6.42. The number of benzene rings is 2. The average molecular weight is 318 g/mol. The van der Waals surface area contributed by atoms with Gasteiger partial charge in [-0.15, -0.1) is 0 Å². The summed E-state index contributed by atoms with van der Waals surface area (Å²) < 4.78 is 5.34. The van der Waals surface area contributed by atoms with Gasteiger partial charge in [-0.2, -0.15) is 10.2 Å². The molecule has 0 atom stereocenters. The summed E-state index contributed by atoms with van der Waals surface area (Å²) in [5, 5.41) is 13.1. The van der Waals surface area contributed by atoms with Crippen molar-refractivity contribution < 1.29 is 4.52 Å². The smallest absolute Gasteiger partial charge is 0.240 e. The summed E-state index contributed by atoms with van der Waals surface area (Å²) >= 11 is 0. The maximum atomic E-state index is 9.03. The van der Waals surface area contributed by atoms with Crippen molar-refractivity contribution in [3.63, 3.8) is 0 Å². The Labute approximate surface area is 141 Å². The third kappa shape index (κ3) is 4.51. The lowest BCUT2D eigenvalue weighted by Crippen LogP contribution is -2.23. The minimum atomic E-state index is 0.311. The second-order valence-electron chi connectivity index (χ2n) is 5.56. The van der Waals surface area contributed by atoms with Gasteiger partial charge in [-0.25, -0.2) is 0 Å². The molecule has 2 aromatic carbocycles. The first-order chi connectivity index (χ1) is 11.8. The van der Waals surface area contributed by atoms with Crippen LogP contribution in [0.3, 0.4) is 0 Å². The second kappa shape index (κ2) is 8.04. The van der Waals surface area contributed by atoms with Gasteiger partial charge >= 0.3 is 0 Å². The van der Waals surface area contributed by atoms with E-state index >= 15 is 0 Å². The molecule has 1 aromatic heterocycles. The number of hydrogen-bond donors (Lipinski definition) is 0. The van der Waals surface area contributed by atoms with Gasteiger partial charge in [-0.05, 0) is 11.1 Å². The van der Waals surface area contributed by atoms with E-state index in [2.05, 4.69) is 16.2 Å². The van der Waals surface area contributed by atoms with Crippen LogP contribution in [0.5, 0.6) is 0 Å². The Hall–Kier alpha value is -2.97. The van der Waals surface area contributed by atoms with Crippen molar-refractivity contribution in [1.29, 1.82) is 5.26 Å². The molecular formula is C19H18N4O. The molecule has 0 amide bonds. The van der Waals surface area contributed by atoms with Gasteiger partial charge in [0.05, 0.1) is 19.2 Å². The van der Waals surface area contributed by atoms with Gasteiger partial charge < -0.3 is 4.52 Å². The summed E-state index contributed by atoms with van der Waals surface area (Å²) in [7, 11) is 0. The third-order valence-electron chi connectivity index (χ3n) is 3.62. The molecule has 0 N–H and O–H groups in total. The summed E-state index contributed by atoms with van der Waals surface area (Å²) in [5.41, 5.74) is 2.29. The van der Waals surface area contributed by atoms with Crippen molar-refractivity contribution in [2.24, 2.45) is 0 Å². The van der Waals surface area contributed by atoms with E-state index in [0.717, 1.165) is 11.1 Å². The topological polar surface area (TPSA) is 66.0 Å². The number of rotatable bonds is 7. The molecule has 5 heteroatoms. The van der Waals surface area contributed by atoms with E-state index < -0.39 is 0 Å². The zero-order valence-electron chi connectivity index (χ0n) is 13.3. The Morgan fingerprint density at radius 1 is 0.917 bits per heavy atom. The molecule has 0 radical (unpaired) electrons. The molecule has 0 saturated carbocycles. The number of nitriles is 1. The number of nitrogens with zero attached hydrogens (tertiary/aromatic N) is 4. The van der Waals surface area contributed by atoms with Gasteiger partial charge in [0, 0.05) is 13.0 Å². The predicted octanol–water partition coefficient (Wildman–Crippen LogP) is 3.19. The molecular weight excluding hydrogens is 300 g/mol. The van der Waals surface area contributed by atoms with Crippen LogP contribution in [0, 0.1) is 11.3 Å². The fourth-order valence-corrected chi connectivity index (χ4v) is 2.51. The lowest BCUT2D eigenvalue weighted by Gasteiger charge is -2.16. The standard InChI is InChI=1S/C19H18N4O/c20-11-12-23(14-17-9-5-2-6-10-17)15-19-21-18(22-24-19)13-16-7-3-1-4-8-16/h1-10H,12-15H2. The lowest BCUT2D eigenvalue weighted by molar-refractivity contribution is 0.241. The Bertz CT molecular complexity index is 793. The zero-order valence-corrected chi connectivity index (χ0v) is 13.3.